The fourth-order valence-electron chi connectivity index (χ4n) is 1.67. The van der Waals surface area contributed by atoms with Crippen LogP contribution < -0.4 is 4.57 Å². The lowest BCUT2D eigenvalue weighted by Crippen LogP contribution is -2.46. The van der Waals surface area contributed by atoms with Crippen molar-refractivity contribution in [2.24, 2.45) is 0 Å². The van der Waals surface area contributed by atoms with E-state index in [4.69, 9.17) is 9.47 Å². The van der Waals surface area contributed by atoms with Gasteiger partial charge < -0.3 is 9.47 Å². The normalized spacial score (nSPS) is 11.4. The number of aromatic nitrogens is 3. The Kier molecular flexibility index (Phi) is 3.93. The third-order valence-electron chi connectivity index (χ3n) is 2.49. The number of ether oxygens (including phenoxy) is 2. The van der Waals surface area contributed by atoms with E-state index in [2.05, 4.69) is 4.98 Å². The van der Waals surface area contributed by atoms with Crippen molar-refractivity contribution in [3.63, 3.8) is 0 Å². The van der Waals surface area contributed by atoms with Crippen molar-refractivity contribution in [3.8, 4) is 0 Å². The maximum atomic E-state index is 12.0. The number of rotatable bonds is 2. The first kappa shape index (κ1) is 15.0. The van der Waals surface area contributed by atoms with Gasteiger partial charge in [0.05, 0.1) is 12.8 Å². The Hall–Kier alpha value is -2.44. The average Bonchev–Trinajstić information content (AvgIpc) is 2.79. The minimum atomic E-state index is -0.582. The van der Waals surface area contributed by atoms with Crippen molar-refractivity contribution in [2.45, 2.75) is 33.3 Å². The van der Waals surface area contributed by atoms with Gasteiger partial charge in [0.25, 0.3) is 0 Å². The zero-order valence-electron chi connectivity index (χ0n) is 12.5. The largest absolute Gasteiger partial charge is 0.602 e. The van der Waals surface area contributed by atoms with E-state index < -0.39 is 17.7 Å². The molecule has 0 fully saturated rings. The Morgan fingerprint density at radius 1 is 1.38 bits per heavy atom. The van der Waals surface area contributed by atoms with Gasteiger partial charge >= 0.3 is 12.1 Å². The van der Waals surface area contributed by atoms with Gasteiger partial charge in [0.1, 0.15) is 5.60 Å². The molecule has 0 saturated heterocycles. The van der Waals surface area contributed by atoms with Crippen molar-refractivity contribution in [1.29, 1.82) is 0 Å². The molecule has 2 heterocycles. The van der Waals surface area contributed by atoms with Gasteiger partial charge in [0.15, 0.2) is 11.9 Å². The summed E-state index contributed by atoms with van der Waals surface area (Å²) in [6, 6.07) is 0. The number of hydrogen-bond donors (Lipinski definition) is 0. The molecule has 0 saturated carbocycles. The van der Waals surface area contributed by atoms with Gasteiger partial charge in [-0.3, -0.25) is 4.40 Å². The average molecular weight is 292 g/mol. The van der Waals surface area contributed by atoms with Crippen molar-refractivity contribution in [3.05, 3.63) is 30.5 Å². The van der Waals surface area contributed by atoms with Gasteiger partial charge in [-0.2, -0.15) is 4.79 Å². The molecule has 0 atom stereocenters. The van der Waals surface area contributed by atoms with Gasteiger partial charge in [-0.1, -0.05) is 4.57 Å². The van der Waals surface area contributed by atoms with Gasteiger partial charge in [0, 0.05) is 6.20 Å². The molecule has 2 aromatic rings. The van der Waals surface area contributed by atoms with E-state index in [1.807, 2.05) is 0 Å². The van der Waals surface area contributed by atoms with Crippen LogP contribution in [0, 0.1) is 0 Å². The molecule has 0 N–H and O–H groups in total. The number of hydrogen-bond acceptors (Lipinski definition) is 5. The van der Waals surface area contributed by atoms with Crippen LogP contribution >= 0.6 is 0 Å². The first-order chi connectivity index (χ1) is 9.80. The minimum absolute atomic E-state index is 0.193. The lowest BCUT2D eigenvalue weighted by Gasteiger charge is -2.15. The number of esters is 1. The predicted molar refractivity (Wildman–Crippen MR) is 73.0 cm³/mol. The fourth-order valence-corrected chi connectivity index (χ4v) is 1.67. The molecule has 0 bridgehead atoms. The molecule has 0 aliphatic carbocycles. The number of fused-ring (bicyclic) bond motifs is 1. The highest BCUT2D eigenvalue weighted by Gasteiger charge is 2.25. The maximum absolute atomic E-state index is 12.0. The summed E-state index contributed by atoms with van der Waals surface area (Å²) in [6.07, 6.45) is 5.70. The standard InChI is InChI=1S/C14H18N3O4/c1-5-20-12(18)10-8-16-6-7-17(9-11(16)15-10)13(19)21-14(2,3)4/h6-9H,5H2,1-4H3/q+1. The molecule has 112 valence electrons. The Morgan fingerprint density at radius 3 is 2.71 bits per heavy atom. The number of carbonyl (C=O) groups excluding carboxylic acids is 2. The van der Waals surface area contributed by atoms with Crippen LogP contribution in [0.1, 0.15) is 38.2 Å². The SMILES string of the molecule is CCOC(=O)c1cn2cc[n+](C(=O)OC(C)(C)C)cc2n1. The van der Waals surface area contributed by atoms with Crippen LogP contribution in [0.15, 0.2) is 24.8 Å². The Labute approximate surface area is 122 Å². The van der Waals surface area contributed by atoms with Crippen molar-refractivity contribution >= 4 is 17.7 Å². The van der Waals surface area contributed by atoms with Crippen molar-refractivity contribution in [1.82, 2.24) is 9.38 Å². The third-order valence-corrected chi connectivity index (χ3v) is 2.49. The molecular formula is C14H18N3O4+. The highest BCUT2D eigenvalue weighted by atomic mass is 16.6. The summed E-state index contributed by atoms with van der Waals surface area (Å²) in [6.45, 7) is 7.38. The predicted octanol–water partition coefficient (Wildman–Crippen LogP) is 1.58. The smallest absolute Gasteiger partial charge is 0.461 e. The second-order valence-corrected chi connectivity index (χ2v) is 5.43. The summed E-state index contributed by atoms with van der Waals surface area (Å²) in [4.78, 5) is 27.7. The molecule has 0 radical (unpaired) electrons. The molecule has 21 heavy (non-hydrogen) atoms. The van der Waals surface area contributed by atoms with E-state index in [0.29, 0.717) is 5.65 Å². The topological polar surface area (TPSA) is 73.8 Å². The monoisotopic (exact) mass is 292 g/mol. The molecule has 0 aliphatic rings. The van der Waals surface area contributed by atoms with Crippen LogP contribution in [0.25, 0.3) is 5.65 Å². The molecule has 2 rings (SSSR count). The van der Waals surface area contributed by atoms with E-state index in [0.717, 1.165) is 0 Å². The summed E-state index contributed by atoms with van der Waals surface area (Å²) in [7, 11) is 0. The summed E-state index contributed by atoms with van der Waals surface area (Å²) >= 11 is 0. The van der Waals surface area contributed by atoms with Crippen LogP contribution in [0.2, 0.25) is 0 Å². The van der Waals surface area contributed by atoms with Crippen molar-refractivity contribution in [2.75, 3.05) is 6.61 Å². The highest BCUT2D eigenvalue weighted by molar-refractivity contribution is 5.87. The van der Waals surface area contributed by atoms with E-state index in [1.165, 1.54) is 17.0 Å². The van der Waals surface area contributed by atoms with E-state index >= 15 is 0 Å². The Balaban J connectivity index is 2.29. The molecule has 7 nitrogen and oxygen atoms in total. The van der Waals surface area contributed by atoms with E-state index in [1.54, 1.807) is 44.5 Å². The van der Waals surface area contributed by atoms with Gasteiger partial charge in [-0.15, -0.1) is 0 Å². The number of nitrogens with zero attached hydrogens (tertiary/aromatic N) is 3. The quantitative estimate of drug-likeness (QED) is 0.620. The van der Waals surface area contributed by atoms with Gasteiger partial charge in [-0.05, 0) is 27.7 Å². The third kappa shape index (κ3) is 3.56. The Bertz CT molecular complexity index is 685. The molecule has 2 aromatic heterocycles. The van der Waals surface area contributed by atoms with Crippen LogP contribution in [-0.2, 0) is 9.47 Å². The summed E-state index contributed by atoms with van der Waals surface area (Å²) in [5.74, 6) is -0.495. The second kappa shape index (κ2) is 5.51. The molecule has 0 spiro atoms. The fraction of sp³-hybridized carbons (Fsp3) is 0.429. The summed E-state index contributed by atoms with van der Waals surface area (Å²) in [5, 5.41) is 0. The van der Waals surface area contributed by atoms with Crippen LogP contribution in [0.3, 0.4) is 0 Å². The zero-order chi connectivity index (χ0) is 15.6. The van der Waals surface area contributed by atoms with Crippen LogP contribution in [0.5, 0.6) is 0 Å². The van der Waals surface area contributed by atoms with Gasteiger partial charge in [-0.25, -0.2) is 9.78 Å². The lowest BCUT2D eigenvalue weighted by molar-refractivity contribution is -0.587. The van der Waals surface area contributed by atoms with Crippen LogP contribution in [-0.4, -0.2) is 33.7 Å². The summed E-state index contributed by atoms with van der Waals surface area (Å²) in [5.41, 5.74) is 0.0621. The maximum Gasteiger partial charge on any atom is 0.602 e. The van der Waals surface area contributed by atoms with Crippen LogP contribution in [0.4, 0.5) is 4.79 Å². The Morgan fingerprint density at radius 2 is 2.10 bits per heavy atom. The first-order valence-corrected chi connectivity index (χ1v) is 6.60. The molecule has 0 aliphatic heterocycles. The number of imidazole rings is 1. The lowest BCUT2D eigenvalue weighted by atomic mass is 10.2. The number of carbonyl (C=O) groups is 2. The molecule has 0 unspecified atom stereocenters. The zero-order valence-corrected chi connectivity index (χ0v) is 12.5. The van der Waals surface area contributed by atoms with Gasteiger partial charge in [0.2, 0.25) is 11.8 Å². The summed E-state index contributed by atoms with van der Waals surface area (Å²) < 4.78 is 13.1. The minimum Gasteiger partial charge on any atom is -0.461 e. The van der Waals surface area contributed by atoms with E-state index in [-0.39, 0.29) is 12.3 Å². The van der Waals surface area contributed by atoms with Crippen molar-refractivity contribution < 1.29 is 23.6 Å². The van der Waals surface area contributed by atoms with E-state index in [9.17, 15) is 9.59 Å². The molecular weight excluding hydrogens is 274 g/mol. The molecule has 0 amide bonds. The molecule has 7 heteroatoms. The highest BCUT2D eigenvalue weighted by Crippen LogP contribution is 2.07. The first-order valence-electron chi connectivity index (χ1n) is 6.60. The second-order valence-electron chi connectivity index (χ2n) is 5.43. The molecule has 0 aromatic carbocycles.